The van der Waals surface area contributed by atoms with Crippen molar-refractivity contribution < 1.29 is 23.8 Å². The van der Waals surface area contributed by atoms with E-state index >= 15 is 0 Å². The largest absolute Gasteiger partial charge is 0.481 e. The molecule has 1 heterocycles. The molecule has 1 amide bonds. The number of ether oxygens (including phenoxy) is 3. The molecular formula is C23H26N2O5S. The second-order valence-electron chi connectivity index (χ2n) is 6.66. The molecular weight excluding hydrogens is 416 g/mol. The summed E-state index contributed by atoms with van der Waals surface area (Å²) in [6, 6.07) is 14.5. The fraction of sp³-hybridized carbons (Fsp3) is 0.348. The molecule has 0 fully saturated rings. The molecule has 0 aliphatic rings. The van der Waals surface area contributed by atoms with Crippen LogP contribution in [0, 0.1) is 0 Å². The Morgan fingerprint density at radius 2 is 1.87 bits per heavy atom. The van der Waals surface area contributed by atoms with Crippen LogP contribution < -0.4 is 9.54 Å². The van der Waals surface area contributed by atoms with E-state index in [4.69, 9.17) is 14.2 Å². The SMILES string of the molecule is CCOCCn1c(=NC(=O)C(C)Oc2ccccc2)sc2cc(C(=O)OCC)ccc21. The van der Waals surface area contributed by atoms with E-state index in [0.717, 1.165) is 10.2 Å². The second-order valence-corrected chi connectivity index (χ2v) is 7.67. The van der Waals surface area contributed by atoms with Crippen LogP contribution >= 0.6 is 11.3 Å². The Bertz CT molecular complexity index is 1100. The average Bonchev–Trinajstić information content (AvgIpc) is 3.11. The highest BCUT2D eigenvalue weighted by atomic mass is 32.1. The second kappa shape index (κ2) is 10.9. The zero-order valence-electron chi connectivity index (χ0n) is 17.9. The molecule has 3 aromatic rings. The molecule has 0 aliphatic carbocycles. The van der Waals surface area contributed by atoms with Crippen molar-refractivity contribution in [2.75, 3.05) is 19.8 Å². The van der Waals surface area contributed by atoms with Gasteiger partial charge in [0.1, 0.15) is 5.75 Å². The molecule has 164 valence electrons. The molecule has 0 N–H and O–H groups in total. The minimum atomic E-state index is -0.733. The lowest BCUT2D eigenvalue weighted by Crippen LogP contribution is -2.26. The standard InChI is InChI=1S/C23H26N2O5S/c1-4-28-14-13-25-19-12-11-17(22(27)29-5-2)15-20(19)31-23(25)24-21(26)16(3)30-18-9-7-6-8-10-18/h6-12,15-16H,4-5,13-14H2,1-3H3. The summed E-state index contributed by atoms with van der Waals surface area (Å²) in [5, 5.41) is 0. The zero-order chi connectivity index (χ0) is 22.2. The monoisotopic (exact) mass is 442 g/mol. The minimum absolute atomic E-state index is 0.310. The fourth-order valence-electron chi connectivity index (χ4n) is 2.95. The van der Waals surface area contributed by atoms with Crippen LogP contribution in [0.2, 0.25) is 0 Å². The lowest BCUT2D eigenvalue weighted by molar-refractivity contribution is -0.124. The third-order valence-electron chi connectivity index (χ3n) is 4.47. The Labute approximate surface area is 184 Å². The first kappa shape index (κ1) is 22.7. The number of hydrogen-bond acceptors (Lipinski definition) is 6. The highest BCUT2D eigenvalue weighted by Crippen LogP contribution is 2.20. The molecule has 3 rings (SSSR count). The van der Waals surface area contributed by atoms with Crippen molar-refractivity contribution in [2.45, 2.75) is 33.4 Å². The van der Waals surface area contributed by atoms with E-state index in [9.17, 15) is 9.59 Å². The fourth-order valence-corrected chi connectivity index (χ4v) is 4.06. The zero-order valence-corrected chi connectivity index (χ0v) is 18.7. The van der Waals surface area contributed by atoms with Gasteiger partial charge in [0.15, 0.2) is 10.9 Å². The van der Waals surface area contributed by atoms with Crippen molar-refractivity contribution in [1.82, 2.24) is 4.57 Å². The number of esters is 1. The first-order chi connectivity index (χ1) is 15.0. The lowest BCUT2D eigenvalue weighted by Gasteiger charge is -2.11. The number of thiazole rings is 1. The molecule has 8 heteroatoms. The molecule has 0 spiro atoms. The normalized spacial score (nSPS) is 12.7. The predicted octanol–water partition coefficient (Wildman–Crippen LogP) is 3.81. The van der Waals surface area contributed by atoms with Crippen LogP contribution in [0.4, 0.5) is 0 Å². The maximum absolute atomic E-state index is 12.7. The minimum Gasteiger partial charge on any atom is -0.481 e. The molecule has 1 unspecified atom stereocenters. The van der Waals surface area contributed by atoms with Crippen LogP contribution in [-0.2, 0) is 20.8 Å². The Kier molecular flexibility index (Phi) is 7.97. The number of fused-ring (bicyclic) bond motifs is 1. The summed E-state index contributed by atoms with van der Waals surface area (Å²) in [7, 11) is 0. The first-order valence-electron chi connectivity index (χ1n) is 10.2. The maximum Gasteiger partial charge on any atom is 0.338 e. The summed E-state index contributed by atoms with van der Waals surface area (Å²) in [5.74, 6) is -0.150. The van der Waals surface area contributed by atoms with Crippen molar-refractivity contribution in [3.63, 3.8) is 0 Å². The molecule has 2 aromatic carbocycles. The first-order valence-corrected chi connectivity index (χ1v) is 11.0. The number of hydrogen-bond donors (Lipinski definition) is 0. The van der Waals surface area contributed by atoms with Crippen molar-refractivity contribution in [1.29, 1.82) is 0 Å². The van der Waals surface area contributed by atoms with Gasteiger partial charge in [-0.05, 0) is 51.1 Å². The Morgan fingerprint density at radius 1 is 1.10 bits per heavy atom. The van der Waals surface area contributed by atoms with E-state index in [0.29, 0.717) is 42.5 Å². The molecule has 0 bridgehead atoms. The lowest BCUT2D eigenvalue weighted by atomic mass is 10.2. The van der Waals surface area contributed by atoms with Gasteiger partial charge < -0.3 is 18.8 Å². The quantitative estimate of drug-likeness (QED) is 0.372. The van der Waals surface area contributed by atoms with Gasteiger partial charge in [-0.25, -0.2) is 4.79 Å². The molecule has 0 aliphatic heterocycles. The molecule has 7 nitrogen and oxygen atoms in total. The topological polar surface area (TPSA) is 79.1 Å². The molecule has 1 atom stereocenters. The van der Waals surface area contributed by atoms with E-state index in [1.54, 1.807) is 38.1 Å². The highest BCUT2D eigenvalue weighted by Gasteiger charge is 2.16. The number of para-hydroxylation sites is 1. The average molecular weight is 443 g/mol. The molecule has 31 heavy (non-hydrogen) atoms. The van der Waals surface area contributed by atoms with Crippen molar-refractivity contribution in [2.24, 2.45) is 4.99 Å². The van der Waals surface area contributed by atoms with E-state index in [1.807, 2.05) is 35.8 Å². The number of rotatable bonds is 9. The van der Waals surface area contributed by atoms with Crippen LogP contribution in [0.1, 0.15) is 31.1 Å². The molecule has 0 saturated carbocycles. The van der Waals surface area contributed by atoms with Crippen LogP contribution in [0.25, 0.3) is 10.2 Å². The number of aromatic nitrogens is 1. The number of nitrogens with zero attached hydrogens (tertiary/aromatic N) is 2. The molecule has 1 aromatic heterocycles. The van der Waals surface area contributed by atoms with Crippen molar-refractivity contribution in [3.05, 3.63) is 58.9 Å². The summed E-state index contributed by atoms with van der Waals surface area (Å²) in [5.41, 5.74) is 1.34. The van der Waals surface area contributed by atoms with Crippen LogP contribution in [0.3, 0.4) is 0 Å². The number of benzene rings is 2. The summed E-state index contributed by atoms with van der Waals surface area (Å²) in [4.78, 5) is 29.7. The van der Waals surface area contributed by atoms with Gasteiger partial charge >= 0.3 is 5.97 Å². The smallest absolute Gasteiger partial charge is 0.338 e. The summed E-state index contributed by atoms with van der Waals surface area (Å²) in [6.07, 6.45) is -0.733. The van der Waals surface area contributed by atoms with Crippen LogP contribution in [-0.4, -0.2) is 42.4 Å². The van der Waals surface area contributed by atoms with Crippen LogP contribution in [0.15, 0.2) is 53.5 Å². The predicted molar refractivity (Wildman–Crippen MR) is 119 cm³/mol. The molecule has 0 radical (unpaired) electrons. The Hall–Kier alpha value is -2.97. The van der Waals surface area contributed by atoms with Crippen molar-refractivity contribution >= 4 is 33.4 Å². The van der Waals surface area contributed by atoms with Gasteiger partial charge in [-0.2, -0.15) is 4.99 Å². The van der Waals surface area contributed by atoms with Gasteiger partial charge in [0.05, 0.1) is 29.0 Å². The summed E-state index contributed by atoms with van der Waals surface area (Å²) >= 11 is 1.34. The Morgan fingerprint density at radius 3 is 2.58 bits per heavy atom. The van der Waals surface area contributed by atoms with Crippen molar-refractivity contribution in [3.8, 4) is 5.75 Å². The van der Waals surface area contributed by atoms with E-state index in [2.05, 4.69) is 4.99 Å². The van der Waals surface area contributed by atoms with Gasteiger partial charge in [0, 0.05) is 13.2 Å². The highest BCUT2D eigenvalue weighted by molar-refractivity contribution is 7.16. The van der Waals surface area contributed by atoms with E-state index in [-0.39, 0.29) is 11.9 Å². The number of carbonyl (C=O) groups is 2. The van der Waals surface area contributed by atoms with Crippen LogP contribution in [0.5, 0.6) is 5.75 Å². The maximum atomic E-state index is 12.7. The number of carbonyl (C=O) groups excluding carboxylic acids is 2. The molecule has 0 saturated heterocycles. The van der Waals surface area contributed by atoms with E-state index in [1.165, 1.54) is 11.3 Å². The van der Waals surface area contributed by atoms with E-state index < -0.39 is 6.10 Å². The third kappa shape index (κ3) is 5.80. The van der Waals surface area contributed by atoms with Gasteiger partial charge in [-0.3, -0.25) is 4.79 Å². The summed E-state index contributed by atoms with van der Waals surface area (Å²) < 4.78 is 19.1. The van der Waals surface area contributed by atoms with Gasteiger partial charge in [-0.15, -0.1) is 0 Å². The van der Waals surface area contributed by atoms with Gasteiger partial charge in [-0.1, -0.05) is 29.5 Å². The summed E-state index contributed by atoms with van der Waals surface area (Å²) in [6.45, 7) is 7.30. The van der Waals surface area contributed by atoms with Gasteiger partial charge in [0.25, 0.3) is 5.91 Å². The number of amides is 1. The third-order valence-corrected chi connectivity index (χ3v) is 5.51. The Balaban J connectivity index is 1.94. The van der Waals surface area contributed by atoms with Gasteiger partial charge in [0.2, 0.25) is 0 Å².